The minimum atomic E-state index is 0.278. The molecule has 1 heterocycles. The number of hydrogen-bond acceptors (Lipinski definition) is 3. The van der Waals surface area contributed by atoms with Crippen LogP contribution in [0, 0.1) is 0 Å². The molecule has 0 spiro atoms. The molecule has 0 saturated carbocycles. The monoisotopic (exact) mass is 223 g/mol. The van der Waals surface area contributed by atoms with Crippen molar-refractivity contribution in [3.8, 4) is 0 Å². The van der Waals surface area contributed by atoms with Gasteiger partial charge in [0.1, 0.15) is 12.7 Å². The van der Waals surface area contributed by atoms with Crippen molar-refractivity contribution in [2.24, 2.45) is 5.16 Å². The molecule has 0 aliphatic carbocycles. The zero-order valence-corrected chi connectivity index (χ0v) is 10.4. The minimum Gasteiger partial charge on any atom is -0.393 e. The van der Waals surface area contributed by atoms with Gasteiger partial charge in [-0.25, -0.2) is 0 Å². The lowest BCUT2D eigenvalue weighted by atomic mass is 10.1. The van der Waals surface area contributed by atoms with E-state index in [4.69, 9.17) is 9.57 Å². The molecule has 3 nitrogen and oxygen atoms in total. The fraction of sp³-hybridized carbons (Fsp3) is 0.615. The summed E-state index contributed by atoms with van der Waals surface area (Å²) in [6, 6.07) is 0. The van der Waals surface area contributed by atoms with Crippen molar-refractivity contribution in [3.63, 3.8) is 0 Å². The molecule has 3 heteroatoms. The Morgan fingerprint density at radius 3 is 2.81 bits per heavy atom. The summed E-state index contributed by atoms with van der Waals surface area (Å²) in [5.41, 5.74) is 2.68. The van der Waals surface area contributed by atoms with Crippen LogP contribution in [0.15, 0.2) is 28.5 Å². The highest BCUT2D eigenvalue weighted by Crippen LogP contribution is 2.08. The Labute approximate surface area is 97.8 Å². The van der Waals surface area contributed by atoms with Gasteiger partial charge in [0.05, 0.1) is 12.8 Å². The average Bonchev–Trinajstić information content (AvgIpc) is 3.00. The van der Waals surface area contributed by atoms with Crippen LogP contribution in [0.4, 0.5) is 0 Å². The van der Waals surface area contributed by atoms with Crippen LogP contribution in [0.1, 0.15) is 33.6 Å². The number of epoxide rings is 1. The Bertz CT molecular complexity index is 284. The molecule has 0 amide bonds. The zero-order valence-electron chi connectivity index (χ0n) is 10.4. The number of nitrogens with zero attached hydrogens (tertiary/aromatic N) is 1. The van der Waals surface area contributed by atoms with Gasteiger partial charge in [-0.05, 0) is 39.7 Å². The molecule has 90 valence electrons. The van der Waals surface area contributed by atoms with Crippen molar-refractivity contribution < 1.29 is 9.57 Å². The van der Waals surface area contributed by atoms with Crippen molar-refractivity contribution in [2.75, 3.05) is 13.2 Å². The van der Waals surface area contributed by atoms with Gasteiger partial charge in [-0.15, -0.1) is 0 Å². The van der Waals surface area contributed by atoms with Crippen LogP contribution < -0.4 is 0 Å². The van der Waals surface area contributed by atoms with Gasteiger partial charge >= 0.3 is 0 Å². The smallest absolute Gasteiger partial charge is 0.145 e. The van der Waals surface area contributed by atoms with E-state index in [-0.39, 0.29) is 6.10 Å². The quantitative estimate of drug-likeness (QED) is 0.288. The van der Waals surface area contributed by atoms with Gasteiger partial charge in [0.2, 0.25) is 0 Å². The van der Waals surface area contributed by atoms with Crippen molar-refractivity contribution >= 4 is 6.21 Å². The van der Waals surface area contributed by atoms with Gasteiger partial charge in [0, 0.05) is 0 Å². The Morgan fingerprint density at radius 1 is 1.44 bits per heavy atom. The number of oxime groups is 1. The second kappa shape index (κ2) is 7.23. The first-order valence-corrected chi connectivity index (χ1v) is 5.74. The fourth-order valence-electron chi connectivity index (χ4n) is 1.16. The number of hydrogen-bond donors (Lipinski definition) is 0. The molecule has 0 N–H and O–H groups in total. The van der Waals surface area contributed by atoms with E-state index in [0.29, 0.717) is 6.61 Å². The lowest BCUT2D eigenvalue weighted by Crippen LogP contribution is -1.95. The predicted molar refractivity (Wildman–Crippen MR) is 66.6 cm³/mol. The summed E-state index contributed by atoms with van der Waals surface area (Å²) < 4.78 is 4.99. The van der Waals surface area contributed by atoms with E-state index in [9.17, 15) is 0 Å². The molecular formula is C13H21NO2. The number of rotatable bonds is 7. The standard InChI is InChI=1S/C13H21NO2/c1-11(2)5-4-6-12(3)7-8-14-16-10-13-9-15-13/h5,7-8,13H,4,6,9-10H2,1-3H3. The van der Waals surface area contributed by atoms with Crippen molar-refractivity contribution in [2.45, 2.75) is 39.7 Å². The molecule has 0 aromatic heterocycles. The first kappa shape index (κ1) is 13.0. The molecule has 1 aliphatic heterocycles. The second-order valence-corrected chi connectivity index (χ2v) is 4.34. The second-order valence-electron chi connectivity index (χ2n) is 4.34. The highest BCUT2D eigenvalue weighted by Gasteiger charge is 2.22. The Hall–Kier alpha value is -1.09. The molecule has 1 aliphatic rings. The normalized spacial score (nSPS) is 19.9. The molecule has 1 atom stereocenters. The summed E-state index contributed by atoms with van der Waals surface area (Å²) in [7, 11) is 0. The van der Waals surface area contributed by atoms with Crippen LogP contribution in [0.5, 0.6) is 0 Å². The summed E-state index contributed by atoms with van der Waals surface area (Å²) in [5, 5.41) is 3.84. The molecule has 0 aromatic carbocycles. The van der Waals surface area contributed by atoms with E-state index in [1.165, 1.54) is 11.1 Å². The lowest BCUT2D eigenvalue weighted by molar-refractivity contribution is 0.126. The topological polar surface area (TPSA) is 34.1 Å². The number of allylic oxidation sites excluding steroid dienone is 4. The molecule has 16 heavy (non-hydrogen) atoms. The maximum atomic E-state index is 5.04. The molecule has 1 rings (SSSR count). The van der Waals surface area contributed by atoms with E-state index in [1.807, 2.05) is 6.08 Å². The van der Waals surface area contributed by atoms with Gasteiger partial charge in [-0.2, -0.15) is 0 Å². The third-order valence-electron chi connectivity index (χ3n) is 2.25. The molecule has 1 unspecified atom stereocenters. The van der Waals surface area contributed by atoms with Gasteiger partial charge in [0.15, 0.2) is 0 Å². The molecule has 1 saturated heterocycles. The first-order valence-electron chi connectivity index (χ1n) is 5.74. The molecular weight excluding hydrogens is 202 g/mol. The van der Waals surface area contributed by atoms with Gasteiger partial charge in [-0.1, -0.05) is 22.4 Å². The summed E-state index contributed by atoms with van der Waals surface area (Å²) >= 11 is 0. The van der Waals surface area contributed by atoms with Crippen molar-refractivity contribution in [1.82, 2.24) is 0 Å². The van der Waals surface area contributed by atoms with Crippen molar-refractivity contribution in [3.05, 3.63) is 23.3 Å². The van der Waals surface area contributed by atoms with Crippen molar-refractivity contribution in [1.29, 1.82) is 0 Å². The van der Waals surface area contributed by atoms with Crippen LogP contribution in [0.3, 0.4) is 0 Å². The van der Waals surface area contributed by atoms with Crippen LogP contribution in [-0.2, 0) is 9.57 Å². The first-order chi connectivity index (χ1) is 7.68. The van der Waals surface area contributed by atoms with Crippen LogP contribution >= 0.6 is 0 Å². The highest BCUT2D eigenvalue weighted by molar-refractivity contribution is 5.71. The van der Waals surface area contributed by atoms with Gasteiger partial charge < -0.3 is 9.57 Å². The van der Waals surface area contributed by atoms with Crippen LogP contribution in [0.2, 0.25) is 0 Å². The molecule has 1 fully saturated rings. The SMILES string of the molecule is CC(C)=CCCC(C)=CC=NOCC1CO1. The third-order valence-corrected chi connectivity index (χ3v) is 2.25. The van der Waals surface area contributed by atoms with E-state index < -0.39 is 0 Å². The molecule has 0 bridgehead atoms. The Kier molecular flexibility index (Phi) is 5.86. The molecule has 0 radical (unpaired) electrons. The zero-order chi connectivity index (χ0) is 11.8. The average molecular weight is 223 g/mol. The summed E-state index contributed by atoms with van der Waals surface area (Å²) in [6.07, 6.45) is 8.39. The summed E-state index contributed by atoms with van der Waals surface area (Å²) in [5.74, 6) is 0. The maximum Gasteiger partial charge on any atom is 0.145 e. The van der Waals surface area contributed by atoms with Gasteiger partial charge in [-0.3, -0.25) is 0 Å². The van der Waals surface area contributed by atoms with E-state index in [1.54, 1.807) is 6.21 Å². The lowest BCUT2D eigenvalue weighted by Gasteiger charge is -1.96. The number of ether oxygens (including phenoxy) is 1. The Balaban J connectivity index is 2.08. The third kappa shape index (κ3) is 7.23. The maximum absolute atomic E-state index is 5.04. The largest absolute Gasteiger partial charge is 0.393 e. The highest BCUT2D eigenvalue weighted by atomic mass is 16.7. The molecule has 0 aromatic rings. The van der Waals surface area contributed by atoms with Crippen LogP contribution in [-0.4, -0.2) is 25.5 Å². The Morgan fingerprint density at radius 2 is 2.19 bits per heavy atom. The minimum absolute atomic E-state index is 0.278. The van der Waals surface area contributed by atoms with Crippen LogP contribution in [0.25, 0.3) is 0 Å². The van der Waals surface area contributed by atoms with E-state index in [2.05, 4.69) is 32.0 Å². The van der Waals surface area contributed by atoms with E-state index in [0.717, 1.165) is 19.4 Å². The van der Waals surface area contributed by atoms with E-state index >= 15 is 0 Å². The summed E-state index contributed by atoms with van der Waals surface area (Å²) in [6.45, 7) is 7.73. The summed E-state index contributed by atoms with van der Waals surface area (Å²) in [4.78, 5) is 5.04. The van der Waals surface area contributed by atoms with Gasteiger partial charge in [0.25, 0.3) is 0 Å². The fourth-order valence-corrected chi connectivity index (χ4v) is 1.16. The predicted octanol–water partition coefficient (Wildman–Crippen LogP) is 3.08.